The molecule has 0 fully saturated rings. The van der Waals surface area contributed by atoms with E-state index in [1.165, 1.54) is 18.3 Å². The summed E-state index contributed by atoms with van der Waals surface area (Å²) in [6.07, 6.45) is 0. The van der Waals surface area contributed by atoms with Crippen LogP contribution in [-0.4, -0.2) is 10.1 Å². The lowest BCUT2D eigenvalue weighted by atomic mass is 10.3. The van der Waals surface area contributed by atoms with Crippen molar-refractivity contribution in [1.29, 1.82) is 0 Å². The zero-order valence-electron chi connectivity index (χ0n) is 7.26. The molecule has 0 aromatic carbocycles. The number of hydrogen-bond donors (Lipinski definition) is 0. The molecule has 0 atom stereocenters. The first kappa shape index (κ1) is 8.89. The number of aryl methyl sites for hydroxylation is 1. The highest BCUT2D eigenvalue weighted by Crippen LogP contribution is 2.34. The third-order valence-corrected chi connectivity index (χ3v) is 2.65. The summed E-state index contributed by atoms with van der Waals surface area (Å²) in [6.45, 7) is 1.53. The van der Waals surface area contributed by atoms with Crippen LogP contribution in [0.3, 0.4) is 0 Å². The van der Waals surface area contributed by atoms with Crippen molar-refractivity contribution in [2.24, 2.45) is 0 Å². The van der Waals surface area contributed by atoms with Crippen LogP contribution in [0.2, 0.25) is 0 Å². The van der Waals surface area contributed by atoms with E-state index in [4.69, 9.17) is 4.52 Å². The van der Waals surface area contributed by atoms with Crippen molar-refractivity contribution in [3.8, 4) is 10.6 Å². The van der Waals surface area contributed by atoms with Gasteiger partial charge in [-0.1, -0.05) is 11.2 Å². The monoisotopic (exact) mass is 210 g/mol. The van der Waals surface area contributed by atoms with Gasteiger partial charge in [-0.05, 0) is 11.4 Å². The Labute approximate surface area is 83.1 Å². The van der Waals surface area contributed by atoms with Crippen molar-refractivity contribution in [2.45, 2.75) is 6.92 Å². The van der Waals surface area contributed by atoms with Crippen molar-refractivity contribution in [3.63, 3.8) is 0 Å². The fraction of sp³-hybridized carbons (Fsp3) is 0.125. The number of rotatable bonds is 2. The lowest BCUT2D eigenvalue weighted by Crippen LogP contribution is -1.89. The van der Waals surface area contributed by atoms with Gasteiger partial charge >= 0.3 is 5.69 Å². The van der Waals surface area contributed by atoms with E-state index in [0.717, 1.165) is 4.88 Å². The molecule has 0 aliphatic carbocycles. The maximum absolute atomic E-state index is 10.7. The Morgan fingerprint density at radius 1 is 1.64 bits per heavy atom. The minimum absolute atomic E-state index is 0.0487. The molecule has 0 aliphatic heterocycles. The van der Waals surface area contributed by atoms with Crippen LogP contribution in [0.5, 0.6) is 0 Å². The minimum atomic E-state index is -0.471. The van der Waals surface area contributed by atoms with Crippen molar-refractivity contribution >= 4 is 17.0 Å². The number of nitrogens with zero attached hydrogens (tertiary/aromatic N) is 2. The van der Waals surface area contributed by atoms with Crippen LogP contribution >= 0.6 is 11.3 Å². The summed E-state index contributed by atoms with van der Waals surface area (Å²) in [7, 11) is 0. The zero-order chi connectivity index (χ0) is 10.1. The number of aromatic nitrogens is 1. The lowest BCUT2D eigenvalue weighted by molar-refractivity contribution is -0.385. The molecule has 2 aromatic rings. The first-order chi connectivity index (χ1) is 6.70. The highest BCUT2D eigenvalue weighted by Gasteiger charge is 2.25. The first-order valence-corrected chi connectivity index (χ1v) is 4.72. The third kappa shape index (κ3) is 1.29. The van der Waals surface area contributed by atoms with Crippen LogP contribution in [0.25, 0.3) is 10.6 Å². The summed E-state index contributed by atoms with van der Waals surface area (Å²) >= 11 is 1.39. The molecular weight excluding hydrogens is 204 g/mol. The Morgan fingerprint density at radius 2 is 2.43 bits per heavy atom. The molecule has 0 bridgehead atoms. The number of thiophene rings is 1. The highest BCUT2D eigenvalue weighted by atomic mass is 32.1. The Morgan fingerprint density at radius 3 is 3.00 bits per heavy atom. The van der Waals surface area contributed by atoms with Gasteiger partial charge < -0.3 is 4.52 Å². The summed E-state index contributed by atoms with van der Waals surface area (Å²) in [5.41, 5.74) is 0.259. The predicted molar refractivity (Wildman–Crippen MR) is 51.2 cm³/mol. The van der Waals surface area contributed by atoms with Crippen LogP contribution in [0.1, 0.15) is 5.76 Å². The molecule has 5 nitrogen and oxygen atoms in total. The zero-order valence-corrected chi connectivity index (χ0v) is 8.08. The van der Waals surface area contributed by atoms with E-state index in [0.29, 0.717) is 5.69 Å². The van der Waals surface area contributed by atoms with E-state index in [-0.39, 0.29) is 11.4 Å². The van der Waals surface area contributed by atoms with Gasteiger partial charge in [0.2, 0.25) is 11.5 Å². The second kappa shape index (κ2) is 3.22. The molecule has 2 aromatic heterocycles. The van der Waals surface area contributed by atoms with Crippen molar-refractivity contribution < 1.29 is 9.45 Å². The van der Waals surface area contributed by atoms with Crippen LogP contribution < -0.4 is 0 Å². The van der Waals surface area contributed by atoms with E-state index in [2.05, 4.69) is 5.16 Å². The molecule has 2 rings (SSSR count). The predicted octanol–water partition coefficient (Wildman–Crippen LogP) is 2.62. The molecular formula is C8H6N2O3S. The number of nitro groups is 1. The summed E-state index contributed by atoms with van der Waals surface area (Å²) in [5, 5.41) is 16.2. The molecule has 0 saturated heterocycles. The fourth-order valence-corrected chi connectivity index (χ4v) is 1.86. The van der Waals surface area contributed by atoms with E-state index in [1.54, 1.807) is 6.07 Å². The van der Waals surface area contributed by atoms with Crippen LogP contribution in [0.15, 0.2) is 22.0 Å². The number of hydrogen-bond acceptors (Lipinski definition) is 5. The Kier molecular flexibility index (Phi) is 2.05. The third-order valence-electron chi connectivity index (χ3n) is 1.77. The van der Waals surface area contributed by atoms with Crippen molar-refractivity contribution in [3.05, 3.63) is 33.4 Å². The van der Waals surface area contributed by atoms with Crippen LogP contribution in [0, 0.1) is 17.0 Å². The standard InChI is InChI=1S/C8H6N2O3S/c1-5-8(10(11)12)7(9-13-5)6-3-2-4-14-6/h2-4H,1H3. The van der Waals surface area contributed by atoms with Gasteiger partial charge in [0, 0.05) is 6.92 Å². The average molecular weight is 210 g/mol. The van der Waals surface area contributed by atoms with E-state index in [9.17, 15) is 10.1 Å². The molecule has 14 heavy (non-hydrogen) atoms. The summed E-state index contributed by atoms with van der Waals surface area (Å²) < 4.78 is 4.80. The molecule has 0 amide bonds. The largest absolute Gasteiger partial charge is 0.353 e. The molecule has 0 spiro atoms. The lowest BCUT2D eigenvalue weighted by Gasteiger charge is -1.89. The Bertz CT molecular complexity index is 461. The van der Waals surface area contributed by atoms with E-state index >= 15 is 0 Å². The molecule has 0 unspecified atom stereocenters. The SMILES string of the molecule is Cc1onc(-c2cccs2)c1[N+](=O)[O-]. The molecule has 0 radical (unpaired) electrons. The minimum Gasteiger partial charge on any atom is -0.353 e. The van der Waals surface area contributed by atoms with Gasteiger partial charge in [0.05, 0.1) is 9.80 Å². The van der Waals surface area contributed by atoms with Crippen LogP contribution in [0.4, 0.5) is 5.69 Å². The van der Waals surface area contributed by atoms with Gasteiger partial charge in [0.25, 0.3) is 0 Å². The molecule has 2 heterocycles. The van der Waals surface area contributed by atoms with Gasteiger partial charge in [-0.2, -0.15) is 0 Å². The quantitative estimate of drug-likeness (QED) is 0.564. The summed E-state index contributed by atoms with van der Waals surface area (Å²) in [5.74, 6) is 0.235. The molecule has 0 aliphatic rings. The highest BCUT2D eigenvalue weighted by molar-refractivity contribution is 7.13. The summed E-state index contributed by atoms with van der Waals surface area (Å²) in [6, 6.07) is 3.59. The van der Waals surface area contributed by atoms with Gasteiger partial charge in [-0.15, -0.1) is 11.3 Å². The maximum Gasteiger partial charge on any atom is 0.340 e. The average Bonchev–Trinajstić information content (AvgIpc) is 2.70. The van der Waals surface area contributed by atoms with Gasteiger partial charge in [-0.25, -0.2) is 0 Å². The van der Waals surface area contributed by atoms with Crippen molar-refractivity contribution in [1.82, 2.24) is 5.16 Å². The fourth-order valence-electron chi connectivity index (χ4n) is 1.16. The van der Waals surface area contributed by atoms with Gasteiger partial charge in [0.1, 0.15) is 0 Å². The van der Waals surface area contributed by atoms with Crippen LogP contribution in [-0.2, 0) is 0 Å². The molecule has 6 heteroatoms. The first-order valence-electron chi connectivity index (χ1n) is 3.84. The Hall–Kier alpha value is -1.69. The van der Waals surface area contributed by atoms with E-state index in [1.807, 2.05) is 11.4 Å². The van der Waals surface area contributed by atoms with Crippen molar-refractivity contribution in [2.75, 3.05) is 0 Å². The van der Waals surface area contributed by atoms with E-state index < -0.39 is 4.92 Å². The molecule has 0 saturated carbocycles. The Balaban J connectivity index is 2.60. The summed E-state index contributed by atoms with van der Waals surface area (Å²) in [4.78, 5) is 11.0. The molecule has 72 valence electrons. The topological polar surface area (TPSA) is 69.2 Å². The second-order valence-electron chi connectivity index (χ2n) is 2.67. The normalized spacial score (nSPS) is 10.4. The smallest absolute Gasteiger partial charge is 0.340 e. The van der Waals surface area contributed by atoms with Gasteiger partial charge in [-0.3, -0.25) is 10.1 Å². The molecule has 0 N–H and O–H groups in total. The maximum atomic E-state index is 10.7. The van der Waals surface area contributed by atoms with Gasteiger partial charge in [0.15, 0.2) is 0 Å². The second-order valence-corrected chi connectivity index (χ2v) is 3.62.